The van der Waals surface area contributed by atoms with E-state index in [0.717, 1.165) is 23.1 Å². The topological polar surface area (TPSA) is 74.7 Å². The maximum absolute atomic E-state index is 13.4. The van der Waals surface area contributed by atoms with Crippen molar-refractivity contribution in [2.75, 3.05) is 0 Å². The summed E-state index contributed by atoms with van der Waals surface area (Å²) in [6, 6.07) is 14.0. The molecular formula is C28H33N5O2. The summed E-state index contributed by atoms with van der Waals surface area (Å²) in [5.41, 5.74) is 3.52. The average Bonchev–Trinajstić information content (AvgIpc) is 3.23. The van der Waals surface area contributed by atoms with Gasteiger partial charge >= 0.3 is 5.69 Å². The minimum Gasteiger partial charge on any atom is -0.276 e. The molecule has 182 valence electrons. The molecule has 0 aliphatic heterocycles. The van der Waals surface area contributed by atoms with Gasteiger partial charge in [0.2, 0.25) is 0 Å². The highest BCUT2D eigenvalue weighted by molar-refractivity contribution is 5.91. The van der Waals surface area contributed by atoms with Crippen molar-refractivity contribution in [3.05, 3.63) is 87.3 Å². The predicted octanol–water partition coefficient (Wildman–Crippen LogP) is 4.74. The van der Waals surface area contributed by atoms with Crippen LogP contribution in [-0.2, 0) is 20.1 Å². The summed E-state index contributed by atoms with van der Waals surface area (Å²) < 4.78 is 4.69. The van der Waals surface area contributed by atoms with Crippen LogP contribution in [-0.4, -0.2) is 23.9 Å². The number of benzene rings is 1. The van der Waals surface area contributed by atoms with Gasteiger partial charge in [-0.2, -0.15) is 5.10 Å². The maximum atomic E-state index is 13.4. The van der Waals surface area contributed by atoms with Crippen LogP contribution >= 0.6 is 0 Å². The first-order valence-electron chi connectivity index (χ1n) is 12.1. The lowest BCUT2D eigenvalue weighted by Crippen LogP contribution is -2.38. The Balaban J connectivity index is 2.01. The van der Waals surface area contributed by atoms with Gasteiger partial charge in [0.25, 0.3) is 5.56 Å². The number of hydrogen-bond donors (Lipinski definition) is 0. The Hall–Kier alpha value is -3.74. The summed E-state index contributed by atoms with van der Waals surface area (Å²) in [4.78, 5) is 30.7. The van der Waals surface area contributed by atoms with Gasteiger partial charge in [-0.1, -0.05) is 64.1 Å². The fraction of sp³-hybridized carbons (Fsp3) is 0.357. The molecule has 7 heteroatoms. The summed E-state index contributed by atoms with van der Waals surface area (Å²) >= 11 is 0. The molecule has 0 radical (unpaired) electrons. The molecule has 0 saturated carbocycles. The van der Waals surface area contributed by atoms with E-state index in [-0.39, 0.29) is 17.2 Å². The molecule has 1 aromatic carbocycles. The molecule has 0 atom stereocenters. The summed E-state index contributed by atoms with van der Waals surface area (Å²) in [6.07, 6.45) is 6.59. The van der Waals surface area contributed by atoms with Crippen molar-refractivity contribution in [3.63, 3.8) is 0 Å². The van der Waals surface area contributed by atoms with Gasteiger partial charge in [0.05, 0.1) is 12.2 Å². The van der Waals surface area contributed by atoms with E-state index < -0.39 is 0 Å². The summed E-state index contributed by atoms with van der Waals surface area (Å²) in [7, 11) is 1.53. The molecular weight excluding hydrogens is 438 g/mol. The highest BCUT2D eigenvalue weighted by Crippen LogP contribution is 2.29. The van der Waals surface area contributed by atoms with Gasteiger partial charge in [-0.15, -0.1) is 0 Å². The van der Waals surface area contributed by atoms with Crippen LogP contribution in [0.4, 0.5) is 0 Å². The van der Waals surface area contributed by atoms with Crippen LogP contribution in [0, 0.1) is 11.8 Å². The zero-order valence-corrected chi connectivity index (χ0v) is 21.1. The number of rotatable bonds is 8. The summed E-state index contributed by atoms with van der Waals surface area (Å²) in [5.74, 6) is 0.724. The number of aromatic nitrogens is 5. The molecule has 0 saturated heterocycles. The molecule has 3 aromatic heterocycles. The Morgan fingerprint density at radius 2 is 1.66 bits per heavy atom. The van der Waals surface area contributed by atoms with E-state index in [1.807, 2.05) is 48.9 Å². The number of pyridine rings is 1. The van der Waals surface area contributed by atoms with Crippen molar-refractivity contribution in [2.24, 2.45) is 18.9 Å². The van der Waals surface area contributed by atoms with Crippen molar-refractivity contribution in [1.82, 2.24) is 23.9 Å². The normalized spacial score (nSPS) is 12.3. The van der Waals surface area contributed by atoms with E-state index in [1.54, 1.807) is 17.0 Å². The number of allylic oxidation sites excluding steroid dienone is 2. The van der Waals surface area contributed by atoms with E-state index in [9.17, 15) is 9.59 Å². The molecule has 35 heavy (non-hydrogen) atoms. The Labute approximate surface area is 205 Å². The van der Waals surface area contributed by atoms with Gasteiger partial charge < -0.3 is 0 Å². The fourth-order valence-electron chi connectivity index (χ4n) is 4.27. The first kappa shape index (κ1) is 24.4. The standard InChI is InChI=1S/C28H33N5O2/c1-19(2)11-12-23(21-9-7-6-8-10-21)18-33-25(22-13-15-29-16-14-22)24-26(30-33)32(17-20(3)4)28(35)31(5)27(24)34/h6-10,12-16,19-20H,11,17-18H2,1-5H3/b23-12+. The van der Waals surface area contributed by atoms with Crippen molar-refractivity contribution in [1.29, 1.82) is 0 Å². The van der Waals surface area contributed by atoms with E-state index in [1.165, 1.54) is 11.6 Å². The van der Waals surface area contributed by atoms with Crippen LogP contribution < -0.4 is 11.2 Å². The summed E-state index contributed by atoms with van der Waals surface area (Å²) in [5, 5.41) is 5.36. The van der Waals surface area contributed by atoms with Crippen LogP contribution in [0.1, 0.15) is 39.7 Å². The van der Waals surface area contributed by atoms with Gasteiger partial charge in [0, 0.05) is 31.5 Å². The quantitative estimate of drug-likeness (QED) is 0.372. The second-order valence-electron chi connectivity index (χ2n) is 9.82. The largest absolute Gasteiger partial charge is 0.332 e. The van der Waals surface area contributed by atoms with E-state index in [2.05, 4.69) is 37.0 Å². The summed E-state index contributed by atoms with van der Waals surface area (Å²) in [6.45, 7) is 9.43. The van der Waals surface area contributed by atoms with Crippen LogP contribution in [0.3, 0.4) is 0 Å². The molecule has 0 bridgehead atoms. The molecule has 0 unspecified atom stereocenters. The molecule has 0 amide bonds. The zero-order chi connectivity index (χ0) is 25.1. The number of hydrogen-bond acceptors (Lipinski definition) is 4. The van der Waals surface area contributed by atoms with Crippen molar-refractivity contribution >= 4 is 16.6 Å². The third-order valence-electron chi connectivity index (χ3n) is 6.03. The molecule has 0 N–H and O–H groups in total. The van der Waals surface area contributed by atoms with Gasteiger partial charge in [-0.25, -0.2) is 4.79 Å². The van der Waals surface area contributed by atoms with E-state index >= 15 is 0 Å². The van der Waals surface area contributed by atoms with Gasteiger partial charge in [-0.3, -0.25) is 23.6 Å². The molecule has 4 aromatic rings. The third-order valence-corrected chi connectivity index (χ3v) is 6.03. The maximum Gasteiger partial charge on any atom is 0.332 e. The van der Waals surface area contributed by atoms with Crippen LogP contribution in [0.15, 0.2) is 70.5 Å². The average molecular weight is 472 g/mol. The predicted molar refractivity (Wildman–Crippen MR) is 141 cm³/mol. The molecule has 3 heterocycles. The second-order valence-corrected chi connectivity index (χ2v) is 9.82. The Kier molecular flexibility index (Phi) is 7.15. The second kappa shape index (κ2) is 10.3. The molecule has 4 rings (SSSR count). The van der Waals surface area contributed by atoms with Crippen LogP contribution in [0.5, 0.6) is 0 Å². The highest BCUT2D eigenvalue weighted by atomic mass is 16.2. The first-order valence-corrected chi connectivity index (χ1v) is 12.1. The van der Waals surface area contributed by atoms with Crippen LogP contribution in [0.2, 0.25) is 0 Å². The van der Waals surface area contributed by atoms with E-state index in [4.69, 9.17) is 5.10 Å². The minimum absolute atomic E-state index is 0.216. The first-order chi connectivity index (χ1) is 16.8. The third kappa shape index (κ3) is 5.04. The van der Waals surface area contributed by atoms with Crippen LogP contribution in [0.25, 0.3) is 27.9 Å². The smallest absolute Gasteiger partial charge is 0.276 e. The molecule has 0 aliphatic carbocycles. The SMILES string of the molecule is CC(C)C/C=C(\Cn1nc2c(c1-c1ccncc1)c(=O)n(C)c(=O)n2CC(C)C)c1ccccc1. The fourth-order valence-corrected chi connectivity index (χ4v) is 4.27. The zero-order valence-electron chi connectivity index (χ0n) is 21.1. The van der Waals surface area contributed by atoms with Crippen molar-refractivity contribution < 1.29 is 0 Å². The van der Waals surface area contributed by atoms with Gasteiger partial charge in [0.15, 0.2) is 5.65 Å². The van der Waals surface area contributed by atoms with Gasteiger partial charge in [0.1, 0.15) is 5.39 Å². The number of nitrogens with zero attached hydrogens (tertiary/aromatic N) is 5. The van der Waals surface area contributed by atoms with Gasteiger partial charge in [-0.05, 0) is 41.5 Å². The lowest BCUT2D eigenvalue weighted by Gasteiger charge is -2.13. The minimum atomic E-state index is -0.347. The lowest BCUT2D eigenvalue weighted by molar-refractivity contribution is 0.498. The lowest BCUT2D eigenvalue weighted by atomic mass is 10.0. The Morgan fingerprint density at radius 3 is 2.29 bits per heavy atom. The molecule has 0 fully saturated rings. The number of fused-ring (bicyclic) bond motifs is 1. The Bertz CT molecular complexity index is 1460. The molecule has 0 aliphatic rings. The Morgan fingerprint density at radius 1 is 0.971 bits per heavy atom. The highest BCUT2D eigenvalue weighted by Gasteiger charge is 2.23. The van der Waals surface area contributed by atoms with Crippen molar-refractivity contribution in [3.8, 4) is 11.3 Å². The molecule has 7 nitrogen and oxygen atoms in total. The molecule has 0 spiro atoms. The monoisotopic (exact) mass is 471 g/mol. The van der Waals surface area contributed by atoms with Crippen molar-refractivity contribution in [2.45, 2.75) is 47.2 Å². The van der Waals surface area contributed by atoms with E-state index in [0.29, 0.717) is 35.7 Å².